The number of halogens is 3. The van der Waals surface area contributed by atoms with Crippen molar-refractivity contribution in [1.29, 1.82) is 0 Å². The van der Waals surface area contributed by atoms with Crippen LogP contribution in [0, 0.1) is 11.9 Å². The lowest BCUT2D eigenvalue weighted by Gasteiger charge is -2.33. The van der Waals surface area contributed by atoms with Gasteiger partial charge in [0.1, 0.15) is 27.3 Å². The van der Waals surface area contributed by atoms with E-state index in [2.05, 4.69) is 30.7 Å². The molecule has 1 aliphatic heterocycles. The van der Waals surface area contributed by atoms with Gasteiger partial charge in [-0.05, 0) is 50.5 Å². The number of pyridine rings is 2. The second-order valence-electron chi connectivity index (χ2n) is 7.32. The molecule has 3 rings (SSSR count). The molecular formula is C19H20Cl2FN3O4. The second kappa shape index (κ2) is 8.92. The molecule has 2 N–H and O–H groups in total. The van der Waals surface area contributed by atoms with Gasteiger partial charge in [0, 0.05) is 12.1 Å². The zero-order valence-electron chi connectivity index (χ0n) is 16.0. The van der Waals surface area contributed by atoms with Gasteiger partial charge in [-0.15, -0.1) is 0 Å². The summed E-state index contributed by atoms with van der Waals surface area (Å²) in [5.41, 5.74) is -0.364. The van der Waals surface area contributed by atoms with Gasteiger partial charge in [-0.25, -0.2) is 19.6 Å². The molecule has 2 aromatic rings. The molecule has 0 spiro atoms. The quantitative estimate of drug-likeness (QED) is 0.666. The lowest BCUT2D eigenvalue weighted by atomic mass is 9.97. The first kappa shape index (κ1) is 22.8. The Morgan fingerprint density at radius 1 is 1.07 bits per heavy atom. The molecule has 2 aromatic heterocycles. The Morgan fingerprint density at radius 3 is 2.03 bits per heavy atom. The van der Waals surface area contributed by atoms with Gasteiger partial charge in [0.05, 0.1) is 0 Å². The number of aromatic carboxylic acids is 2. The predicted octanol–water partition coefficient (Wildman–Crippen LogP) is 4.63. The SMILES string of the molecule is C[C@@H]1CN(c2nc(Cl)ccc2C(=O)O)C(C)(C)C1.O=C(O)c1ccc(Cl)nc1F. The number of carboxylic acid groups (broad SMARTS) is 2. The molecule has 1 aliphatic rings. The van der Waals surface area contributed by atoms with Crippen molar-refractivity contribution in [2.45, 2.75) is 32.7 Å². The van der Waals surface area contributed by atoms with Crippen LogP contribution in [0.2, 0.25) is 10.3 Å². The van der Waals surface area contributed by atoms with Crippen molar-refractivity contribution in [3.05, 3.63) is 51.6 Å². The molecule has 1 atom stereocenters. The molecule has 0 unspecified atom stereocenters. The van der Waals surface area contributed by atoms with E-state index >= 15 is 0 Å². The zero-order valence-corrected chi connectivity index (χ0v) is 17.5. The van der Waals surface area contributed by atoms with Crippen LogP contribution in [0.25, 0.3) is 0 Å². The molecule has 29 heavy (non-hydrogen) atoms. The van der Waals surface area contributed by atoms with Crippen LogP contribution in [0.1, 0.15) is 47.9 Å². The highest BCUT2D eigenvalue weighted by molar-refractivity contribution is 6.29. The normalized spacial score (nSPS) is 17.4. The maximum atomic E-state index is 12.5. The fourth-order valence-electron chi connectivity index (χ4n) is 3.33. The molecule has 1 saturated heterocycles. The van der Waals surface area contributed by atoms with E-state index in [4.69, 9.17) is 28.3 Å². The Hall–Kier alpha value is -2.45. The van der Waals surface area contributed by atoms with Crippen molar-refractivity contribution in [3.8, 4) is 0 Å². The number of carbonyl (C=O) groups is 2. The summed E-state index contributed by atoms with van der Waals surface area (Å²) in [5, 5.41) is 17.8. The zero-order chi connectivity index (χ0) is 21.9. The molecule has 0 aromatic carbocycles. The first-order chi connectivity index (χ1) is 13.4. The Balaban J connectivity index is 0.000000234. The highest BCUT2D eigenvalue weighted by Gasteiger charge is 2.38. The molecule has 0 aliphatic carbocycles. The second-order valence-corrected chi connectivity index (χ2v) is 8.09. The van der Waals surface area contributed by atoms with Crippen LogP contribution < -0.4 is 4.90 Å². The highest BCUT2D eigenvalue weighted by atomic mass is 35.5. The molecule has 0 saturated carbocycles. The van der Waals surface area contributed by atoms with E-state index < -0.39 is 23.4 Å². The van der Waals surface area contributed by atoms with Gasteiger partial charge >= 0.3 is 11.9 Å². The third kappa shape index (κ3) is 5.55. The Morgan fingerprint density at radius 2 is 1.59 bits per heavy atom. The summed E-state index contributed by atoms with van der Waals surface area (Å²) < 4.78 is 12.5. The molecule has 0 radical (unpaired) electrons. The van der Waals surface area contributed by atoms with Crippen LogP contribution in [0.5, 0.6) is 0 Å². The lowest BCUT2D eigenvalue weighted by Crippen LogP contribution is -2.39. The number of hydrogen-bond donors (Lipinski definition) is 2. The van der Waals surface area contributed by atoms with Gasteiger partial charge in [0.2, 0.25) is 5.95 Å². The van der Waals surface area contributed by atoms with Crippen LogP contribution in [-0.4, -0.2) is 44.2 Å². The third-order valence-corrected chi connectivity index (χ3v) is 4.87. The largest absolute Gasteiger partial charge is 0.478 e. The molecule has 3 heterocycles. The number of carboxylic acids is 2. The van der Waals surface area contributed by atoms with E-state index in [1.165, 1.54) is 18.2 Å². The third-order valence-electron chi connectivity index (χ3n) is 4.45. The van der Waals surface area contributed by atoms with Gasteiger partial charge < -0.3 is 15.1 Å². The van der Waals surface area contributed by atoms with Crippen LogP contribution in [0.4, 0.5) is 10.2 Å². The topological polar surface area (TPSA) is 104 Å². The van der Waals surface area contributed by atoms with Gasteiger partial charge in [-0.2, -0.15) is 4.39 Å². The fourth-order valence-corrected chi connectivity index (χ4v) is 3.61. The maximum Gasteiger partial charge on any atom is 0.340 e. The van der Waals surface area contributed by atoms with Crippen molar-refractivity contribution in [3.63, 3.8) is 0 Å². The van der Waals surface area contributed by atoms with Crippen LogP contribution in [0.3, 0.4) is 0 Å². The molecule has 1 fully saturated rings. The maximum absolute atomic E-state index is 12.5. The van der Waals surface area contributed by atoms with E-state index in [0.717, 1.165) is 19.0 Å². The van der Waals surface area contributed by atoms with E-state index in [1.54, 1.807) is 0 Å². The average molecular weight is 444 g/mol. The Kier molecular flexibility index (Phi) is 7.02. The number of anilines is 1. The number of aromatic nitrogens is 2. The number of rotatable bonds is 3. The summed E-state index contributed by atoms with van der Waals surface area (Å²) in [5.74, 6) is -2.40. The van der Waals surface area contributed by atoms with Crippen molar-refractivity contribution >= 4 is 41.0 Å². The summed E-state index contributed by atoms with van der Waals surface area (Å²) in [4.78, 5) is 30.9. The van der Waals surface area contributed by atoms with E-state index in [0.29, 0.717) is 16.9 Å². The predicted molar refractivity (Wildman–Crippen MR) is 108 cm³/mol. The monoisotopic (exact) mass is 443 g/mol. The van der Waals surface area contributed by atoms with Gasteiger partial charge in [-0.3, -0.25) is 0 Å². The van der Waals surface area contributed by atoms with Gasteiger partial charge in [-0.1, -0.05) is 30.1 Å². The lowest BCUT2D eigenvalue weighted by molar-refractivity contribution is 0.0682. The molecule has 0 bridgehead atoms. The Bertz CT molecular complexity index is 940. The first-order valence-electron chi connectivity index (χ1n) is 8.65. The van der Waals surface area contributed by atoms with Crippen molar-refractivity contribution in [1.82, 2.24) is 9.97 Å². The summed E-state index contributed by atoms with van der Waals surface area (Å²) in [6.07, 6.45) is 1.01. The Labute approximate surface area is 177 Å². The number of nitrogens with zero attached hydrogens (tertiary/aromatic N) is 3. The molecule has 0 amide bonds. The molecule has 10 heteroatoms. The molecule has 156 valence electrons. The molecule has 7 nitrogen and oxygen atoms in total. The summed E-state index contributed by atoms with van der Waals surface area (Å²) in [6, 6.07) is 5.31. The van der Waals surface area contributed by atoms with Crippen molar-refractivity contribution < 1.29 is 24.2 Å². The minimum atomic E-state index is -1.35. The minimum absolute atomic E-state index is 0.0625. The summed E-state index contributed by atoms with van der Waals surface area (Å²) in [6.45, 7) is 7.17. The van der Waals surface area contributed by atoms with E-state index in [-0.39, 0.29) is 16.3 Å². The van der Waals surface area contributed by atoms with Gasteiger partial charge in [0.15, 0.2) is 0 Å². The average Bonchev–Trinajstić information content (AvgIpc) is 2.86. The summed E-state index contributed by atoms with van der Waals surface area (Å²) >= 11 is 11.2. The molecular weight excluding hydrogens is 424 g/mol. The van der Waals surface area contributed by atoms with E-state index in [9.17, 15) is 19.1 Å². The minimum Gasteiger partial charge on any atom is -0.478 e. The van der Waals surface area contributed by atoms with Crippen LogP contribution >= 0.6 is 23.2 Å². The first-order valence-corrected chi connectivity index (χ1v) is 9.40. The van der Waals surface area contributed by atoms with Crippen molar-refractivity contribution in [2.24, 2.45) is 5.92 Å². The highest BCUT2D eigenvalue weighted by Crippen LogP contribution is 2.37. The van der Waals surface area contributed by atoms with Crippen LogP contribution in [0.15, 0.2) is 24.3 Å². The van der Waals surface area contributed by atoms with Gasteiger partial charge in [0.25, 0.3) is 0 Å². The fraction of sp³-hybridized carbons (Fsp3) is 0.368. The standard InChI is InChI=1S/C13H17ClN2O2.C6H3ClFNO2/c1-8-6-13(2,3)16(7-8)11-9(12(17)18)4-5-10(14)15-11;7-4-2-1-3(6(10)11)5(8)9-4/h4-5,8H,6-7H2,1-3H3,(H,17,18);1-2H,(H,10,11)/t8-;/m0./s1. The summed E-state index contributed by atoms with van der Waals surface area (Å²) in [7, 11) is 0. The smallest absolute Gasteiger partial charge is 0.340 e. The number of hydrogen-bond acceptors (Lipinski definition) is 5. The van der Waals surface area contributed by atoms with E-state index in [1.807, 2.05) is 4.90 Å². The van der Waals surface area contributed by atoms with Crippen molar-refractivity contribution in [2.75, 3.05) is 11.4 Å². The van der Waals surface area contributed by atoms with Crippen LogP contribution in [-0.2, 0) is 0 Å².